The first-order valence-corrected chi connectivity index (χ1v) is 10.2. The van der Waals surface area contributed by atoms with Gasteiger partial charge in [0.2, 0.25) is 0 Å². The summed E-state index contributed by atoms with van der Waals surface area (Å²) in [5.41, 5.74) is 0.214. The molecule has 0 aromatic rings. The molecule has 1 N–H and O–H groups in total. The SMILES string of the molecule is O=C1C=C2C3C[C@@H]4[C@H](C5C[C@]6(C(=O)O5)[C@@H](C(=O)CO)CC[C@@H]46)[C@]2(CC1)CO3. The summed E-state index contributed by atoms with van der Waals surface area (Å²) in [5.74, 6) is -0.0842. The lowest BCUT2D eigenvalue weighted by molar-refractivity contribution is -0.154. The summed E-state index contributed by atoms with van der Waals surface area (Å²) in [4.78, 5) is 37.6. The number of fused-ring (bicyclic) bond motifs is 4. The van der Waals surface area contributed by atoms with Crippen molar-refractivity contribution in [2.75, 3.05) is 13.2 Å². The lowest BCUT2D eigenvalue weighted by Crippen LogP contribution is -2.56. The highest BCUT2D eigenvalue weighted by Crippen LogP contribution is 2.71. The molecular weight excluding hydrogens is 348 g/mol. The van der Waals surface area contributed by atoms with E-state index < -0.39 is 17.9 Å². The van der Waals surface area contributed by atoms with Gasteiger partial charge in [-0.2, -0.15) is 0 Å². The quantitative estimate of drug-likeness (QED) is 0.733. The van der Waals surface area contributed by atoms with Crippen LogP contribution in [0.1, 0.15) is 38.5 Å². The molecule has 3 saturated carbocycles. The Labute approximate surface area is 157 Å². The number of hydrogen-bond donors (Lipinski definition) is 1. The van der Waals surface area contributed by atoms with Crippen molar-refractivity contribution in [2.45, 2.75) is 50.7 Å². The van der Waals surface area contributed by atoms with E-state index in [9.17, 15) is 19.5 Å². The highest BCUT2D eigenvalue weighted by atomic mass is 16.6. The first-order valence-electron chi connectivity index (χ1n) is 10.2. The monoisotopic (exact) mass is 372 g/mol. The zero-order valence-electron chi connectivity index (χ0n) is 15.2. The number of ether oxygens (including phenoxy) is 2. The number of esters is 1. The van der Waals surface area contributed by atoms with Crippen molar-refractivity contribution in [1.82, 2.24) is 0 Å². The van der Waals surface area contributed by atoms with E-state index in [1.165, 1.54) is 0 Å². The molecule has 6 aliphatic rings. The Morgan fingerprint density at radius 1 is 1.30 bits per heavy atom. The van der Waals surface area contributed by atoms with Gasteiger partial charge in [-0.15, -0.1) is 0 Å². The maximum Gasteiger partial charge on any atom is 0.313 e. The molecule has 4 aliphatic carbocycles. The Kier molecular flexibility index (Phi) is 3.10. The predicted molar refractivity (Wildman–Crippen MR) is 91.3 cm³/mol. The maximum atomic E-state index is 13.1. The normalized spacial score (nSPS) is 52.0. The highest BCUT2D eigenvalue weighted by molar-refractivity contribution is 5.93. The molecule has 0 amide bonds. The van der Waals surface area contributed by atoms with Crippen molar-refractivity contribution >= 4 is 17.5 Å². The number of hydrogen-bond acceptors (Lipinski definition) is 6. The number of aliphatic hydroxyl groups excluding tert-OH is 1. The van der Waals surface area contributed by atoms with Crippen molar-refractivity contribution in [2.24, 2.45) is 34.5 Å². The van der Waals surface area contributed by atoms with Crippen LogP contribution in [0.15, 0.2) is 11.6 Å². The van der Waals surface area contributed by atoms with E-state index in [2.05, 4.69) is 0 Å². The molecule has 5 fully saturated rings. The minimum absolute atomic E-state index is 0.0345. The number of Topliss-reactive ketones (excluding diaryl/α,β-unsaturated/α-hetero) is 1. The highest BCUT2D eigenvalue weighted by Gasteiger charge is 2.74. The molecule has 2 unspecified atom stereocenters. The second-order valence-electron chi connectivity index (χ2n) is 9.50. The van der Waals surface area contributed by atoms with E-state index in [-0.39, 0.29) is 52.9 Å². The van der Waals surface area contributed by atoms with E-state index in [1.807, 2.05) is 6.08 Å². The Morgan fingerprint density at radius 2 is 2.15 bits per heavy atom. The minimum atomic E-state index is -0.743. The molecule has 6 heteroatoms. The number of carbonyl (C=O) groups is 3. The van der Waals surface area contributed by atoms with Gasteiger partial charge in [-0.25, -0.2) is 0 Å². The van der Waals surface area contributed by atoms with Crippen LogP contribution < -0.4 is 0 Å². The van der Waals surface area contributed by atoms with E-state index >= 15 is 0 Å². The zero-order chi connectivity index (χ0) is 18.6. The zero-order valence-corrected chi connectivity index (χ0v) is 15.2. The van der Waals surface area contributed by atoms with E-state index in [0.29, 0.717) is 25.9 Å². The van der Waals surface area contributed by atoms with Gasteiger partial charge in [-0.05, 0) is 49.2 Å². The Hall–Kier alpha value is -1.53. The van der Waals surface area contributed by atoms with Gasteiger partial charge < -0.3 is 14.6 Å². The lowest BCUT2D eigenvalue weighted by Gasteiger charge is -2.54. The van der Waals surface area contributed by atoms with Gasteiger partial charge in [-0.3, -0.25) is 14.4 Å². The molecule has 2 heterocycles. The van der Waals surface area contributed by atoms with Gasteiger partial charge >= 0.3 is 5.97 Å². The number of ketones is 2. The third kappa shape index (κ3) is 1.73. The van der Waals surface area contributed by atoms with Crippen LogP contribution in [0.4, 0.5) is 0 Å². The van der Waals surface area contributed by atoms with E-state index in [4.69, 9.17) is 9.47 Å². The standard InChI is InChI=1S/C21H24O6/c22-8-15(24)13-2-1-12-11-6-16-14-5-10(23)3-4-20(14,9-26-16)18(11)17-7-21(12,13)19(25)27-17/h5,11-13,16-18,22H,1-4,6-9H2/t11-,12-,13+,16?,17?,18+,20+,21+/m0/s1. The first-order chi connectivity index (χ1) is 13.0. The summed E-state index contributed by atoms with van der Waals surface area (Å²) in [5, 5.41) is 9.44. The molecule has 2 aliphatic heterocycles. The van der Waals surface area contributed by atoms with Crippen molar-refractivity contribution < 1.29 is 29.0 Å². The van der Waals surface area contributed by atoms with Crippen molar-refractivity contribution in [3.63, 3.8) is 0 Å². The summed E-state index contributed by atoms with van der Waals surface area (Å²) >= 11 is 0. The van der Waals surface area contributed by atoms with Crippen LogP contribution in [-0.4, -0.2) is 48.1 Å². The molecule has 8 atom stereocenters. The second-order valence-corrected chi connectivity index (χ2v) is 9.50. The molecular formula is C21H24O6. The van der Waals surface area contributed by atoms with Crippen LogP contribution in [-0.2, 0) is 23.9 Å². The molecule has 0 radical (unpaired) electrons. The third-order valence-electron chi connectivity index (χ3n) is 8.87. The van der Waals surface area contributed by atoms with Gasteiger partial charge in [0, 0.05) is 30.1 Å². The van der Waals surface area contributed by atoms with Crippen LogP contribution >= 0.6 is 0 Å². The van der Waals surface area contributed by atoms with Gasteiger partial charge in [0.1, 0.15) is 12.7 Å². The molecule has 2 saturated heterocycles. The summed E-state index contributed by atoms with van der Waals surface area (Å²) in [7, 11) is 0. The van der Waals surface area contributed by atoms with Gasteiger partial charge in [0.05, 0.1) is 18.1 Å². The fourth-order valence-corrected chi connectivity index (χ4v) is 8.06. The van der Waals surface area contributed by atoms with E-state index in [1.54, 1.807) is 0 Å². The number of aliphatic hydroxyl groups is 1. The topological polar surface area (TPSA) is 89.9 Å². The molecule has 0 aromatic heterocycles. The van der Waals surface area contributed by atoms with Gasteiger partial charge in [0.25, 0.3) is 0 Å². The smallest absolute Gasteiger partial charge is 0.313 e. The maximum absolute atomic E-state index is 13.1. The number of carbonyl (C=O) groups excluding carboxylic acids is 3. The largest absolute Gasteiger partial charge is 0.462 e. The van der Waals surface area contributed by atoms with Crippen LogP contribution in [0.3, 0.4) is 0 Å². The second kappa shape index (κ2) is 5.09. The fraction of sp³-hybridized carbons (Fsp3) is 0.762. The molecule has 4 bridgehead atoms. The average Bonchev–Trinajstić information content (AvgIpc) is 3.26. The van der Waals surface area contributed by atoms with Gasteiger partial charge in [0.15, 0.2) is 11.6 Å². The Bertz CT molecular complexity index is 800. The third-order valence-corrected chi connectivity index (χ3v) is 8.87. The summed E-state index contributed by atoms with van der Waals surface area (Å²) in [6.45, 7) is 0.112. The minimum Gasteiger partial charge on any atom is -0.462 e. The number of rotatable bonds is 2. The average molecular weight is 372 g/mol. The summed E-state index contributed by atoms with van der Waals surface area (Å²) in [6.07, 6.45) is 5.77. The Morgan fingerprint density at radius 3 is 2.96 bits per heavy atom. The summed E-state index contributed by atoms with van der Waals surface area (Å²) in [6, 6.07) is 0. The Balaban J connectivity index is 1.47. The first kappa shape index (κ1) is 16.4. The van der Waals surface area contributed by atoms with Crippen LogP contribution in [0.25, 0.3) is 0 Å². The van der Waals surface area contributed by atoms with Crippen molar-refractivity contribution in [3.8, 4) is 0 Å². The van der Waals surface area contributed by atoms with Crippen molar-refractivity contribution in [1.29, 1.82) is 0 Å². The predicted octanol–water partition coefficient (Wildman–Crippen LogP) is 1.20. The summed E-state index contributed by atoms with van der Waals surface area (Å²) < 4.78 is 12.1. The molecule has 6 rings (SSSR count). The fourth-order valence-electron chi connectivity index (χ4n) is 8.06. The molecule has 144 valence electrons. The van der Waals surface area contributed by atoms with Crippen LogP contribution in [0, 0.1) is 34.5 Å². The molecule has 6 nitrogen and oxygen atoms in total. The van der Waals surface area contributed by atoms with Crippen LogP contribution in [0.2, 0.25) is 0 Å². The van der Waals surface area contributed by atoms with Crippen molar-refractivity contribution in [3.05, 3.63) is 11.6 Å². The lowest BCUT2D eigenvalue weighted by atomic mass is 9.46. The molecule has 0 aromatic carbocycles. The molecule has 27 heavy (non-hydrogen) atoms. The van der Waals surface area contributed by atoms with E-state index in [0.717, 1.165) is 24.8 Å². The van der Waals surface area contributed by atoms with Gasteiger partial charge in [-0.1, -0.05) is 0 Å². The molecule has 1 spiro atoms. The van der Waals surface area contributed by atoms with Crippen LogP contribution in [0.5, 0.6) is 0 Å².